The molecular weight excluding hydrogens is 480 g/mol. The summed E-state index contributed by atoms with van der Waals surface area (Å²) < 4.78 is 12.2. The zero-order valence-electron chi connectivity index (χ0n) is 15.3. The number of benzene rings is 3. The molecule has 0 saturated heterocycles. The summed E-state index contributed by atoms with van der Waals surface area (Å²) in [6, 6.07) is 19.3. The number of hydrogen-bond donors (Lipinski definition) is 0. The number of hydrogen-bond acceptors (Lipinski definition) is 2. The van der Waals surface area contributed by atoms with Crippen molar-refractivity contribution < 1.29 is 9.47 Å². The van der Waals surface area contributed by atoms with E-state index in [2.05, 4.69) is 55.5 Å². The SMILES string of the molecule is COc1ccc(C#Cc2cc(C#Cc3ccc(OC)cc3)c(Br)cc2Br)cc1. The zero-order valence-corrected chi connectivity index (χ0v) is 18.5. The maximum atomic E-state index is 5.17. The summed E-state index contributed by atoms with van der Waals surface area (Å²) in [6.45, 7) is 0. The Kier molecular flexibility index (Phi) is 6.82. The van der Waals surface area contributed by atoms with Crippen molar-refractivity contribution in [2.75, 3.05) is 14.2 Å². The lowest BCUT2D eigenvalue weighted by molar-refractivity contribution is 0.414. The van der Waals surface area contributed by atoms with Crippen LogP contribution in [0.2, 0.25) is 0 Å². The highest BCUT2D eigenvalue weighted by molar-refractivity contribution is 9.11. The molecule has 0 unspecified atom stereocenters. The quantitative estimate of drug-likeness (QED) is 0.404. The molecule has 0 heterocycles. The van der Waals surface area contributed by atoms with Crippen LogP contribution in [0.15, 0.2) is 69.6 Å². The summed E-state index contributed by atoms with van der Waals surface area (Å²) in [5.74, 6) is 14.4. The van der Waals surface area contributed by atoms with E-state index in [0.29, 0.717) is 0 Å². The first kappa shape index (κ1) is 20.1. The van der Waals surface area contributed by atoms with Gasteiger partial charge in [0.1, 0.15) is 11.5 Å². The lowest BCUT2D eigenvalue weighted by atomic mass is 10.1. The molecule has 0 spiro atoms. The third-order valence-corrected chi connectivity index (χ3v) is 5.23. The molecule has 0 aliphatic rings. The molecule has 0 radical (unpaired) electrons. The van der Waals surface area contributed by atoms with Gasteiger partial charge in [-0.3, -0.25) is 0 Å². The first-order valence-electron chi connectivity index (χ1n) is 8.40. The molecule has 0 saturated carbocycles. The second kappa shape index (κ2) is 9.51. The van der Waals surface area contributed by atoms with Gasteiger partial charge in [-0.05, 0) is 92.5 Å². The van der Waals surface area contributed by atoms with Gasteiger partial charge in [0.15, 0.2) is 0 Å². The summed E-state index contributed by atoms with van der Waals surface area (Å²) in [7, 11) is 3.29. The van der Waals surface area contributed by atoms with Crippen molar-refractivity contribution in [3.05, 3.63) is 91.9 Å². The Morgan fingerprint density at radius 2 is 0.964 bits per heavy atom. The molecule has 4 heteroatoms. The average molecular weight is 496 g/mol. The minimum absolute atomic E-state index is 0.812. The fraction of sp³-hybridized carbons (Fsp3) is 0.0833. The van der Waals surface area contributed by atoms with Crippen LogP contribution in [0.5, 0.6) is 11.5 Å². The molecule has 0 fully saturated rings. The van der Waals surface area contributed by atoms with Gasteiger partial charge >= 0.3 is 0 Å². The molecule has 0 aliphatic carbocycles. The molecule has 0 amide bonds. The average Bonchev–Trinajstić information content (AvgIpc) is 2.73. The van der Waals surface area contributed by atoms with Crippen LogP contribution in [0.1, 0.15) is 22.3 Å². The van der Waals surface area contributed by atoms with Crippen molar-refractivity contribution in [3.63, 3.8) is 0 Å². The van der Waals surface area contributed by atoms with Crippen LogP contribution in [0, 0.1) is 23.7 Å². The Labute approximate surface area is 182 Å². The summed E-state index contributed by atoms with van der Waals surface area (Å²) in [6.07, 6.45) is 0. The van der Waals surface area contributed by atoms with Gasteiger partial charge in [-0.2, -0.15) is 0 Å². The number of rotatable bonds is 2. The lowest BCUT2D eigenvalue weighted by Crippen LogP contribution is -1.86. The van der Waals surface area contributed by atoms with E-state index < -0.39 is 0 Å². The highest BCUT2D eigenvalue weighted by Gasteiger charge is 2.04. The Hall–Kier alpha value is -2.66. The van der Waals surface area contributed by atoms with Gasteiger partial charge in [0, 0.05) is 31.2 Å². The van der Waals surface area contributed by atoms with Crippen molar-refractivity contribution >= 4 is 31.9 Å². The number of methoxy groups -OCH3 is 2. The van der Waals surface area contributed by atoms with E-state index in [0.717, 1.165) is 42.7 Å². The van der Waals surface area contributed by atoms with Gasteiger partial charge in [0.05, 0.1) is 14.2 Å². The smallest absolute Gasteiger partial charge is 0.118 e. The predicted molar refractivity (Wildman–Crippen MR) is 120 cm³/mol. The Morgan fingerprint density at radius 3 is 1.32 bits per heavy atom. The third kappa shape index (κ3) is 5.20. The maximum absolute atomic E-state index is 5.17. The Balaban J connectivity index is 1.88. The maximum Gasteiger partial charge on any atom is 0.118 e. The van der Waals surface area contributed by atoms with Gasteiger partial charge in [0.2, 0.25) is 0 Å². The zero-order chi connectivity index (χ0) is 19.9. The molecule has 28 heavy (non-hydrogen) atoms. The topological polar surface area (TPSA) is 18.5 Å². The predicted octanol–water partition coefficient (Wildman–Crippen LogP) is 6.03. The van der Waals surface area contributed by atoms with Crippen molar-refractivity contribution in [3.8, 4) is 35.2 Å². The largest absolute Gasteiger partial charge is 0.497 e. The van der Waals surface area contributed by atoms with E-state index in [1.54, 1.807) is 14.2 Å². The first-order valence-corrected chi connectivity index (χ1v) is 9.99. The number of ether oxygens (including phenoxy) is 2. The van der Waals surface area contributed by atoms with Crippen LogP contribution in [0.4, 0.5) is 0 Å². The van der Waals surface area contributed by atoms with Crippen LogP contribution >= 0.6 is 31.9 Å². The van der Waals surface area contributed by atoms with Gasteiger partial charge in [-0.1, -0.05) is 23.7 Å². The molecule has 0 atom stereocenters. The van der Waals surface area contributed by atoms with Crippen LogP contribution in [0.3, 0.4) is 0 Å². The normalized spacial score (nSPS) is 9.57. The Bertz CT molecular complexity index is 1010. The molecule has 0 aromatic heterocycles. The van der Waals surface area contributed by atoms with Gasteiger partial charge in [-0.25, -0.2) is 0 Å². The van der Waals surface area contributed by atoms with Crippen LogP contribution in [-0.2, 0) is 0 Å². The fourth-order valence-corrected chi connectivity index (χ4v) is 3.56. The van der Waals surface area contributed by atoms with E-state index in [4.69, 9.17) is 9.47 Å². The molecule has 3 aromatic rings. The lowest BCUT2D eigenvalue weighted by Gasteiger charge is -2.02. The van der Waals surface area contributed by atoms with E-state index in [1.807, 2.05) is 60.7 Å². The Morgan fingerprint density at radius 1 is 0.571 bits per heavy atom. The number of halogens is 2. The standard InChI is InChI=1S/C24H16Br2O2/c1-27-21-11-5-17(6-12-21)3-9-19-15-20(24(26)16-23(19)25)10-4-18-7-13-22(28-2)14-8-18/h5-8,11-16H,1-2H3. The third-order valence-electron chi connectivity index (χ3n) is 3.92. The molecule has 138 valence electrons. The summed E-state index contributed by atoms with van der Waals surface area (Å²) >= 11 is 7.15. The van der Waals surface area contributed by atoms with Gasteiger partial charge < -0.3 is 9.47 Å². The molecule has 2 nitrogen and oxygen atoms in total. The minimum Gasteiger partial charge on any atom is -0.497 e. The van der Waals surface area contributed by atoms with Crippen molar-refractivity contribution in [1.29, 1.82) is 0 Å². The summed E-state index contributed by atoms with van der Waals surface area (Å²) in [5.41, 5.74) is 3.58. The molecular formula is C24H16Br2O2. The molecule has 0 bridgehead atoms. The van der Waals surface area contributed by atoms with E-state index in [9.17, 15) is 0 Å². The highest BCUT2D eigenvalue weighted by Crippen LogP contribution is 2.25. The van der Waals surface area contributed by atoms with Crippen LogP contribution in [-0.4, -0.2) is 14.2 Å². The molecule has 0 aliphatic heterocycles. The van der Waals surface area contributed by atoms with Crippen molar-refractivity contribution in [2.45, 2.75) is 0 Å². The van der Waals surface area contributed by atoms with E-state index in [1.165, 1.54) is 0 Å². The van der Waals surface area contributed by atoms with E-state index >= 15 is 0 Å². The second-order valence-corrected chi connectivity index (χ2v) is 7.48. The summed E-state index contributed by atoms with van der Waals surface area (Å²) in [4.78, 5) is 0. The molecule has 0 N–H and O–H groups in total. The van der Waals surface area contributed by atoms with Crippen molar-refractivity contribution in [2.24, 2.45) is 0 Å². The van der Waals surface area contributed by atoms with Gasteiger partial charge in [0.25, 0.3) is 0 Å². The highest BCUT2D eigenvalue weighted by atomic mass is 79.9. The fourth-order valence-electron chi connectivity index (χ4n) is 2.37. The van der Waals surface area contributed by atoms with Crippen LogP contribution in [0.25, 0.3) is 0 Å². The molecule has 3 aromatic carbocycles. The summed E-state index contributed by atoms with van der Waals surface area (Å²) in [5, 5.41) is 0. The van der Waals surface area contributed by atoms with E-state index in [-0.39, 0.29) is 0 Å². The van der Waals surface area contributed by atoms with Crippen molar-refractivity contribution in [1.82, 2.24) is 0 Å². The second-order valence-electron chi connectivity index (χ2n) is 5.77. The van der Waals surface area contributed by atoms with Crippen LogP contribution < -0.4 is 9.47 Å². The minimum atomic E-state index is 0.812. The first-order chi connectivity index (χ1) is 13.6. The monoisotopic (exact) mass is 494 g/mol. The van der Waals surface area contributed by atoms with Gasteiger partial charge in [-0.15, -0.1) is 0 Å². The molecule has 3 rings (SSSR count).